The van der Waals surface area contributed by atoms with E-state index in [0.717, 1.165) is 34.0 Å². The van der Waals surface area contributed by atoms with E-state index in [-0.39, 0.29) is 18.7 Å². The summed E-state index contributed by atoms with van der Waals surface area (Å²) >= 11 is 0. The van der Waals surface area contributed by atoms with Crippen molar-refractivity contribution >= 4 is 17.7 Å². The molecule has 0 saturated carbocycles. The van der Waals surface area contributed by atoms with Crippen molar-refractivity contribution in [1.29, 1.82) is 0 Å². The Morgan fingerprint density at radius 3 is 2.45 bits per heavy atom. The molecular formula is C32H29N5O3. The first kappa shape index (κ1) is 25.2. The number of fused-ring (bicyclic) bond motifs is 3. The average Bonchev–Trinajstić information content (AvgIpc) is 3.54. The zero-order chi connectivity index (χ0) is 27.6. The Labute approximate surface area is 232 Å². The first-order valence-corrected chi connectivity index (χ1v) is 13.3. The van der Waals surface area contributed by atoms with E-state index in [1.54, 1.807) is 31.2 Å². The lowest BCUT2D eigenvalue weighted by molar-refractivity contribution is 0.0526. The van der Waals surface area contributed by atoms with Crippen LogP contribution in [0.15, 0.2) is 103 Å². The maximum absolute atomic E-state index is 14.1. The van der Waals surface area contributed by atoms with Crippen molar-refractivity contribution in [3.8, 4) is 11.5 Å². The Balaban J connectivity index is 1.46. The van der Waals surface area contributed by atoms with Crippen LogP contribution in [-0.2, 0) is 11.3 Å². The third-order valence-corrected chi connectivity index (χ3v) is 7.09. The van der Waals surface area contributed by atoms with Gasteiger partial charge >= 0.3 is 12.0 Å². The van der Waals surface area contributed by atoms with Crippen LogP contribution in [0, 0.1) is 6.92 Å². The van der Waals surface area contributed by atoms with Crippen molar-refractivity contribution in [2.75, 3.05) is 11.9 Å². The van der Waals surface area contributed by atoms with Gasteiger partial charge in [0.05, 0.1) is 41.8 Å². The van der Waals surface area contributed by atoms with Crippen molar-refractivity contribution in [1.82, 2.24) is 19.2 Å². The van der Waals surface area contributed by atoms with Crippen LogP contribution >= 0.6 is 0 Å². The number of hydrogen-bond donors (Lipinski definition) is 1. The highest BCUT2D eigenvalue weighted by Gasteiger charge is 2.36. The number of nitrogens with one attached hydrogen (secondary N) is 1. The first-order chi connectivity index (χ1) is 19.5. The second-order valence-electron chi connectivity index (χ2n) is 9.61. The lowest BCUT2D eigenvalue weighted by Crippen LogP contribution is -2.38. The van der Waals surface area contributed by atoms with Gasteiger partial charge in [-0.15, -0.1) is 0 Å². The number of hydrogen-bond acceptors (Lipinski definition) is 4. The minimum atomic E-state index is -0.429. The van der Waals surface area contributed by atoms with Gasteiger partial charge < -0.3 is 19.5 Å². The van der Waals surface area contributed by atoms with Crippen molar-refractivity contribution in [3.63, 3.8) is 0 Å². The van der Waals surface area contributed by atoms with E-state index >= 15 is 0 Å². The molecule has 3 heterocycles. The summed E-state index contributed by atoms with van der Waals surface area (Å²) in [5, 5.41) is 7.92. The molecular weight excluding hydrogens is 502 g/mol. The number of carbonyl (C=O) groups excluding carboxylic acids is 2. The fourth-order valence-corrected chi connectivity index (χ4v) is 5.27. The van der Waals surface area contributed by atoms with Crippen LogP contribution in [0.3, 0.4) is 0 Å². The van der Waals surface area contributed by atoms with Crippen molar-refractivity contribution in [2.24, 2.45) is 0 Å². The maximum Gasteiger partial charge on any atom is 0.338 e. The fourth-order valence-electron chi connectivity index (χ4n) is 5.27. The number of amides is 2. The van der Waals surface area contributed by atoms with E-state index in [1.807, 2.05) is 95.5 Å². The minimum absolute atomic E-state index is 0.278. The molecule has 3 aromatic carbocycles. The number of aryl methyl sites for hydroxylation is 1. The van der Waals surface area contributed by atoms with E-state index in [9.17, 15) is 9.59 Å². The molecule has 2 amide bonds. The van der Waals surface area contributed by atoms with Crippen LogP contribution < -0.4 is 5.32 Å². The lowest BCUT2D eigenvalue weighted by Gasteiger charge is -2.31. The molecule has 8 nitrogen and oxygen atoms in total. The Morgan fingerprint density at radius 1 is 0.950 bits per heavy atom. The molecule has 200 valence electrons. The number of benzene rings is 3. The monoisotopic (exact) mass is 531 g/mol. The second-order valence-corrected chi connectivity index (χ2v) is 9.61. The minimum Gasteiger partial charge on any atom is -0.462 e. The summed E-state index contributed by atoms with van der Waals surface area (Å²) in [6.45, 7) is 4.35. The number of esters is 1. The van der Waals surface area contributed by atoms with Gasteiger partial charge in [-0.3, -0.25) is 0 Å². The van der Waals surface area contributed by atoms with Gasteiger partial charge in [0.25, 0.3) is 0 Å². The molecule has 8 heteroatoms. The summed E-state index contributed by atoms with van der Waals surface area (Å²) in [6.07, 6.45) is 2.02. The molecule has 0 unspecified atom stereocenters. The van der Waals surface area contributed by atoms with E-state index in [4.69, 9.17) is 9.84 Å². The molecule has 0 radical (unpaired) electrons. The second kappa shape index (κ2) is 10.6. The maximum atomic E-state index is 14.1. The zero-order valence-electron chi connectivity index (χ0n) is 22.3. The highest BCUT2D eigenvalue weighted by Crippen LogP contribution is 2.38. The molecule has 1 aliphatic heterocycles. The summed E-state index contributed by atoms with van der Waals surface area (Å²) in [5.41, 5.74) is 5.56. The summed E-state index contributed by atoms with van der Waals surface area (Å²) in [4.78, 5) is 28.2. The first-order valence-electron chi connectivity index (χ1n) is 13.3. The van der Waals surface area contributed by atoms with E-state index in [1.165, 1.54) is 0 Å². The van der Waals surface area contributed by atoms with E-state index in [2.05, 4.69) is 9.88 Å². The van der Waals surface area contributed by atoms with Gasteiger partial charge in [0.15, 0.2) is 0 Å². The highest BCUT2D eigenvalue weighted by atomic mass is 16.5. The topological polar surface area (TPSA) is 81.4 Å². The van der Waals surface area contributed by atoms with Crippen LogP contribution in [0.4, 0.5) is 10.5 Å². The van der Waals surface area contributed by atoms with Crippen LogP contribution in [-0.4, -0.2) is 37.9 Å². The predicted octanol–water partition coefficient (Wildman–Crippen LogP) is 6.29. The van der Waals surface area contributed by atoms with Gasteiger partial charge in [-0.2, -0.15) is 5.10 Å². The smallest absolute Gasteiger partial charge is 0.338 e. The number of rotatable bonds is 5. The van der Waals surface area contributed by atoms with Crippen LogP contribution in [0.5, 0.6) is 0 Å². The molecule has 5 aromatic rings. The third-order valence-electron chi connectivity index (χ3n) is 7.09. The molecule has 0 fully saturated rings. The summed E-state index contributed by atoms with van der Waals surface area (Å²) in [6, 6.07) is 30.2. The predicted molar refractivity (Wildman–Crippen MR) is 153 cm³/mol. The summed E-state index contributed by atoms with van der Waals surface area (Å²) in [5.74, 6) is 0.478. The molecule has 0 bridgehead atoms. The summed E-state index contributed by atoms with van der Waals surface area (Å²) in [7, 11) is 0. The average molecular weight is 532 g/mol. The van der Waals surface area contributed by atoms with Crippen molar-refractivity contribution in [3.05, 3.63) is 131 Å². The van der Waals surface area contributed by atoms with Gasteiger partial charge in [0.1, 0.15) is 5.82 Å². The Bertz CT molecular complexity index is 1670. The van der Waals surface area contributed by atoms with Gasteiger partial charge in [-0.1, -0.05) is 54.6 Å². The van der Waals surface area contributed by atoms with Gasteiger partial charge in [-0.05, 0) is 61.9 Å². The number of nitrogens with zero attached hydrogens (tertiary/aromatic N) is 4. The number of ether oxygens (including phenoxy) is 1. The molecule has 6 rings (SSSR count). The number of para-hydroxylation sites is 1. The molecule has 1 N–H and O–H groups in total. The molecule has 1 atom stereocenters. The number of anilines is 1. The Kier molecular flexibility index (Phi) is 6.66. The third kappa shape index (κ3) is 4.53. The molecule has 40 heavy (non-hydrogen) atoms. The quantitative estimate of drug-likeness (QED) is 0.271. The summed E-state index contributed by atoms with van der Waals surface area (Å²) < 4.78 is 9.22. The molecule has 0 saturated heterocycles. The Morgan fingerprint density at radius 2 is 1.70 bits per heavy atom. The number of aromatic nitrogens is 3. The Hall–Kier alpha value is -5.11. The highest BCUT2D eigenvalue weighted by molar-refractivity contribution is 5.94. The standard InChI is InChI=1S/C32H29N5O3/c1-3-40-31(38)24-14-10-15-25(20-24)33-32(39)36-21-27-22(2)34-37(26-16-8-5-9-17-26)30(27)35-19-11-18-28(35)29(36)23-12-6-4-7-13-23/h4-20,29H,3,21H2,1-2H3,(H,33,39)/t29-/m0/s1. The van der Waals surface area contributed by atoms with Crippen LogP contribution in [0.25, 0.3) is 11.5 Å². The fraction of sp³-hybridized carbons (Fsp3) is 0.156. The molecule has 0 aliphatic carbocycles. The number of urea groups is 1. The van der Waals surface area contributed by atoms with Gasteiger partial charge in [0, 0.05) is 17.4 Å². The van der Waals surface area contributed by atoms with Crippen LogP contribution in [0.2, 0.25) is 0 Å². The molecule has 0 spiro atoms. The van der Waals surface area contributed by atoms with Crippen molar-refractivity contribution in [2.45, 2.75) is 26.4 Å². The molecule has 1 aliphatic rings. The van der Waals surface area contributed by atoms with E-state index < -0.39 is 5.97 Å². The van der Waals surface area contributed by atoms with Gasteiger partial charge in [0.2, 0.25) is 0 Å². The van der Waals surface area contributed by atoms with Gasteiger partial charge in [-0.25, -0.2) is 14.3 Å². The lowest BCUT2D eigenvalue weighted by atomic mass is 10.0. The largest absolute Gasteiger partial charge is 0.462 e. The van der Waals surface area contributed by atoms with Crippen molar-refractivity contribution < 1.29 is 14.3 Å². The number of carbonyl (C=O) groups is 2. The normalized spacial score (nSPS) is 14.2. The molecule has 2 aromatic heterocycles. The van der Waals surface area contributed by atoms with E-state index in [0.29, 0.717) is 17.8 Å². The van der Waals surface area contributed by atoms with Crippen LogP contribution in [0.1, 0.15) is 45.8 Å². The SMILES string of the molecule is CCOC(=O)c1cccc(NC(=O)N2Cc3c(C)nn(-c4ccccc4)c3-n3cccc3[C@@H]2c2ccccc2)c1. The zero-order valence-corrected chi connectivity index (χ0v) is 22.3.